The van der Waals surface area contributed by atoms with Crippen LogP contribution in [0.25, 0.3) is 0 Å². The van der Waals surface area contributed by atoms with Gasteiger partial charge in [0.25, 0.3) is 0 Å². The molecule has 0 bridgehead atoms. The van der Waals surface area contributed by atoms with E-state index in [1.54, 1.807) is 0 Å². The summed E-state index contributed by atoms with van der Waals surface area (Å²) in [5.41, 5.74) is 0.605. The summed E-state index contributed by atoms with van der Waals surface area (Å²) >= 11 is 3.13. The lowest BCUT2D eigenvalue weighted by Gasteiger charge is -2.09. The highest BCUT2D eigenvalue weighted by atomic mass is 79.9. The fourth-order valence-corrected chi connectivity index (χ4v) is 1.62. The second kappa shape index (κ2) is 6.66. The Hall–Kier alpha value is -1.01. The van der Waals surface area contributed by atoms with Crippen molar-refractivity contribution in [1.82, 2.24) is 5.32 Å². The molecule has 0 amide bonds. The van der Waals surface area contributed by atoms with Crippen LogP contribution in [0.4, 0.5) is 8.78 Å². The highest BCUT2D eigenvalue weighted by molar-refractivity contribution is 9.10. The number of ether oxygens (including phenoxy) is 1. The molecule has 1 aromatic carbocycles. The van der Waals surface area contributed by atoms with E-state index in [-0.39, 0.29) is 5.97 Å². The molecule has 1 atom stereocenters. The number of benzene rings is 1. The van der Waals surface area contributed by atoms with Gasteiger partial charge in [0.15, 0.2) is 11.6 Å². The largest absolute Gasteiger partial charge is 0.468 e. The van der Waals surface area contributed by atoms with E-state index in [0.29, 0.717) is 18.7 Å². The van der Waals surface area contributed by atoms with Gasteiger partial charge in [0, 0.05) is 13.1 Å². The zero-order valence-corrected chi connectivity index (χ0v) is 10.8. The van der Waals surface area contributed by atoms with Crippen molar-refractivity contribution >= 4 is 21.9 Å². The summed E-state index contributed by atoms with van der Waals surface area (Å²) in [6.45, 7) is 0.683. The van der Waals surface area contributed by atoms with Crippen molar-refractivity contribution in [3.63, 3.8) is 0 Å². The summed E-state index contributed by atoms with van der Waals surface area (Å²) in [5.74, 6) is -2.14. The maximum absolute atomic E-state index is 12.9. The quantitative estimate of drug-likeness (QED) is 0.668. The van der Waals surface area contributed by atoms with Crippen molar-refractivity contribution in [2.24, 2.45) is 0 Å². The van der Waals surface area contributed by atoms with Crippen LogP contribution in [0, 0.1) is 11.6 Å². The normalized spacial score (nSPS) is 12.2. The van der Waals surface area contributed by atoms with E-state index in [1.165, 1.54) is 13.2 Å². The van der Waals surface area contributed by atoms with E-state index in [4.69, 9.17) is 0 Å². The van der Waals surface area contributed by atoms with Crippen molar-refractivity contribution in [2.45, 2.75) is 11.4 Å². The van der Waals surface area contributed by atoms with Crippen LogP contribution in [0.1, 0.15) is 5.56 Å². The van der Waals surface area contributed by atoms with Crippen molar-refractivity contribution in [3.05, 3.63) is 35.4 Å². The van der Waals surface area contributed by atoms with Crippen molar-refractivity contribution in [3.8, 4) is 0 Å². The summed E-state index contributed by atoms with van der Waals surface area (Å²) in [7, 11) is 1.30. The molecule has 0 fully saturated rings. The van der Waals surface area contributed by atoms with Gasteiger partial charge in [0.05, 0.1) is 7.11 Å². The average Bonchev–Trinajstić information content (AvgIpc) is 2.32. The van der Waals surface area contributed by atoms with Crippen LogP contribution in [-0.2, 0) is 16.1 Å². The zero-order chi connectivity index (χ0) is 12.8. The van der Waals surface area contributed by atoms with E-state index in [1.807, 2.05) is 0 Å². The lowest BCUT2D eigenvalue weighted by molar-refractivity contribution is -0.139. The smallest absolute Gasteiger partial charge is 0.320 e. The van der Waals surface area contributed by atoms with Crippen LogP contribution in [0.15, 0.2) is 18.2 Å². The minimum atomic E-state index is -0.882. The molecule has 6 heteroatoms. The zero-order valence-electron chi connectivity index (χ0n) is 9.17. The van der Waals surface area contributed by atoms with Crippen LogP contribution in [0.2, 0.25) is 0 Å². The number of rotatable bonds is 5. The molecule has 0 saturated heterocycles. The molecule has 3 nitrogen and oxygen atoms in total. The molecule has 0 aliphatic rings. The molecule has 1 aromatic rings. The molecular weight excluding hydrogens is 296 g/mol. The van der Waals surface area contributed by atoms with Gasteiger partial charge in [-0.25, -0.2) is 8.78 Å². The highest BCUT2D eigenvalue weighted by Crippen LogP contribution is 2.08. The number of methoxy groups -OCH3 is 1. The Labute approximate surface area is 106 Å². The number of esters is 1. The maximum Gasteiger partial charge on any atom is 0.320 e. The first-order valence-corrected chi connectivity index (χ1v) is 5.82. The average molecular weight is 308 g/mol. The first kappa shape index (κ1) is 14.1. The van der Waals surface area contributed by atoms with Crippen LogP contribution < -0.4 is 5.32 Å². The van der Waals surface area contributed by atoms with Gasteiger partial charge in [-0.3, -0.25) is 4.79 Å². The van der Waals surface area contributed by atoms with Crippen molar-refractivity contribution in [2.75, 3.05) is 13.7 Å². The van der Waals surface area contributed by atoms with Gasteiger partial charge in [-0.05, 0) is 17.7 Å². The van der Waals surface area contributed by atoms with Crippen LogP contribution in [0.5, 0.6) is 0 Å². The third-order valence-corrected chi connectivity index (χ3v) is 2.79. The van der Waals surface area contributed by atoms with E-state index in [2.05, 4.69) is 26.0 Å². The van der Waals surface area contributed by atoms with Gasteiger partial charge >= 0.3 is 5.97 Å². The van der Waals surface area contributed by atoms with Crippen LogP contribution >= 0.6 is 15.9 Å². The fraction of sp³-hybridized carbons (Fsp3) is 0.364. The topological polar surface area (TPSA) is 38.3 Å². The van der Waals surface area contributed by atoms with Crippen molar-refractivity contribution < 1.29 is 18.3 Å². The van der Waals surface area contributed by atoms with Gasteiger partial charge in [-0.1, -0.05) is 22.0 Å². The van der Waals surface area contributed by atoms with Gasteiger partial charge in [-0.2, -0.15) is 0 Å². The predicted octanol–water partition coefficient (Wildman–Crippen LogP) is 1.99. The second-order valence-electron chi connectivity index (χ2n) is 3.37. The molecular formula is C11H12BrF2NO2. The molecule has 0 spiro atoms. The van der Waals surface area contributed by atoms with E-state index < -0.39 is 16.5 Å². The lowest BCUT2D eigenvalue weighted by Crippen LogP contribution is -2.29. The molecule has 0 heterocycles. The lowest BCUT2D eigenvalue weighted by atomic mass is 10.2. The summed E-state index contributed by atoms with van der Waals surface area (Å²) in [5, 5.41) is 2.93. The Morgan fingerprint density at radius 3 is 2.76 bits per heavy atom. The molecule has 1 unspecified atom stereocenters. The third-order valence-electron chi connectivity index (χ3n) is 2.09. The molecule has 0 aliphatic heterocycles. The summed E-state index contributed by atoms with van der Waals surface area (Å²) in [6, 6.07) is 3.66. The van der Waals surface area contributed by atoms with E-state index >= 15 is 0 Å². The van der Waals surface area contributed by atoms with Crippen LogP contribution in [0.3, 0.4) is 0 Å². The monoisotopic (exact) mass is 307 g/mol. The number of hydrogen-bond acceptors (Lipinski definition) is 3. The van der Waals surface area contributed by atoms with Crippen LogP contribution in [-0.4, -0.2) is 24.5 Å². The predicted molar refractivity (Wildman–Crippen MR) is 62.8 cm³/mol. The number of nitrogens with one attached hydrogen (secondary N) is 1. The maximum atomic E-state index is 12.9. The number of alkyl halides is 1. The number of carbonyl (C=O) groups is 1. The molecule has 0 aliphatic carbocycles. The third kappa shape index (κ3) is 4.40. The minimum absolute atomic E-state index is 0.339. The van der Waals surface area contributed by atoms with Gasteiger partial charge in [0.1, 0.15) is 4.83 Å². The highest BCUT2D eigenvalue weighted by Gasteiger charge is 2.14. The van der Waals surface area contributed by atoms with Gasteiger partial charge in [0.2, 0.25) is 0 Å². The number of halogens is 3. The molecule has 0 aromatic heterocycles. The Morgan fingerprint density at radius 1 is 1.47 bits per heavy atom. The van der Waals surface area contributed by atoms with Gasteiger partial charge in [-0.15, -0.1) is 0 Å². The molecule has 1 N–H and O–H groups in total. The van der Waals surface area contributed by atoms with Gasteiger partial charge < -0.3 is 10.1 Å². The molecule has 0 saturated carbocycles. The number of hydrogen-bond donors (Lipinski definition) is 1. The Bertz CT molecular complexity index is 401. The fourth-order valence-electron chi connectivity index (χ4n) is 1.20. The SMILES string of the molecule is COC(=O)C(Br)CNCc1ccc(F)c(F)c1. The Kier molecular flexibility index (Phi) is 5.50. The first-order chi connectivity index (χ1) is 8.04. The Balaban J connectivity index is 2.40. The van der Waals surface area contributed by atoms with E-state index in [9.17, 15) is 13.6 Å². The molecule has 94 valence electrons. The van der Waals surface area contributed by atoms with Crippen molar-refractivity contribution in [1.29, 1.82) is 0 Å². The summed E-state index contributed by atoms with van der Waals surface area (Å²) in [4.78, 5) is 10.6. The first-order valence-electron chi connectivity index (χ1n) is 4.91. The molecule has 0 radical (unpaired) electrons. The number of carbonyl (C=O) groups excluding carboxylic acids is 1. The Morgan fingerprint density at radius 2 is 2.18 bits per heavy atom. The molecule has 1 rings (SSSR count). The second-order valence-corrected chi connectivity index (χ2v) is 4.48. The summed E-state index contributed by atoms with van der Waals surface area (Å²) in [6.07, 6.45) is 0. The van der Waals surface area contributed by atoms with E-state index in [0.717, 1.165) is 12.1 Å². The molecule has 17 heavy (non-hydrogen) atoms. The minimum Gasteiger partial charge on any atom is -0.468 e. The standard InChI is InChI=1S/C11H12BrF2NO2/c1-17-11(16)8(12)6-15-5-7-2-3-9(13)10(14)4-7/h2-4,8,15H,5-6H2,1H3. The summed E-state index contributed by atoms with van der Waals surface area (Å²) < 4.78 is 30.0.